The number of nitrogens with one attached hydrogen (secondary N) is 2. The topological polar surface area (TPSA) is 95.5 Å². The molecule has 0 radical (unpaired) electrons. The van der Waals surface area contributed by atoms with E-state index in [0.29, 0.717) is 18.9 Å². The number of hydrogen-bond acceptors (Lipinski definition) is 3. The highest BCUT2D eigenvalue weighted by molar-refractivity contribution is 7.87. The first-order chi connectivity index (χ1) is 6.74. The zero-order valence-electron chi connectivity index (χ0n) is 9.15. The molecular weight excluding hydrogens is 220 g/mol. The number of carbonyl (C=O) groups is 1. The maximum absolute atomic E-state index is 11.2. The van der Waals surface area contributed by atoms with Gasteiger partial charge in [-0.25, -0.2) is 4.72 Å². The molecular formula is C8H18N2O4S. The Morgan fingerprint density at radius 1 is 1.33 bits per heavy atom. The van der Waals surface area contributed by atoms with Crippen molar-refractivity contribution in [2.24, 2.45) is 5.92 Å². The van der Waals surface area contributed by atoms with Gasteiger partial charge in [-0.2, -0.15) is 13.1 Å². The summed E-state index contributed by atoms with van der Waals surface area (Å²) in [6, 6.07) is -1.12. The first-order valence-electron chi connectivity index (χ1n) is 4.74. The average molecular weight is 238 g/mol. The fraction of sp³-hybridized carbons (Fsp3) is 0.875. The average Bonchev–Trinajstić information content (AvgIpc) is 2.01. The molecule has 0 aliphatic rings. The summed E-state index contributed by atoms with van der Waals surface area (Å²) < 4.78 is 26.7. The molecule has 0 saturated carbocycles. The number of carboxylic acid groups (broad SMARTS) is 1. The summed E-state index contributed by atoms with van der Waals surface area (Å²) in [6.45, 7) is 5.52. The lowest BCUT2D eigenvalue weighted by atomic mass is 10.1. The lowest BCUT2D eigenvalue weighted by Crippen LogP contribution is -2.45. The Morgan fingerprint density at radius 3 is 2.27 bits per heavy atom. The van der Waals surface area contributed by atoms with E-state index in [1.807, 2.05) is 18.6 Å². The van der Waals surface area contributed by atoms with Crippen molar-refractivity contribution in [3.8, 4) is 0 Å². The van der Waals surface area contributed by atoms with E-state index >= 15 is 0 Å². The third kappa shape index (κ3) is 7.29. The van der Waals surface area contributed by atoms with E-state index in [9.17, 15) is 13.2 Å². The summed E-state index contributed by atoms with van der Waals surface area (Å²) in [5.41, 5.74) is 0. The first kappa shape index (κ1) is 14.3. The Bertz CT molecular complexity index is 300. The van der Waals surface area contributed by atoms with Gasteiger partial charge in [0.2, 0.25) is 0 Å². The Morgan fingerprint density at radius 2 is 1.87 bits per heavy atom. The highest BCUT2D eigenvalue weighted by Crippen LogP contribution is 1.97. The second-order valence-corrected chi connectivity index (χ2v) is 5.29. The second-order valence-electron chi connectivity index (χ2n) is 3.76. The van der Waals surface area contributed by atoms with E-state index < -0.39 is 22.2 Å². The van der Waals surface area contributed by atoms with Gasteiger partial charge in [0.1, 0.15) is 6.04 Å². The Kier molecular flexibility index (Phi) is 5.77. The van der Waals surface area contributed by atoms with Crippen molar-refractivity contribution < 1.29 is 18.3 Å². The van der Waals surface area contributed by atoms with Gasteiger partial charge >= 0.3 is 5.97 Å². The smallest absolute Gasteiger partial charge is 0.321 e. The molecule has 3 N–H and O–H groups in total. The molecule has 7 heteroatoms. The van der Waals surface area contributed by atoms with Crippen LogP contribution in [0.25, 0.3) is 0 Å². The summed E-state index contributed by atoms with van der Waals surface area (Å²) in [5.74, 6) is -0.811. The maximum Gasteiger partial charge on any atom is 0.321 e. The Labute approximate surface area is 90.2 Å². The largest absolute Gasteiger partial charge is 0.480 e. The molecule has 0 aromatic carbocycles. The molecule has 0 amide bonds. The van der Waals surface area contributed by atoms with Crippen molar-refractivity contribution in [1.29, 1.82) is 0 Å². The minimum atomic E-state index is -3.70. The third-order valence-electron chi connectivity index (χ3n) is 1.72. The molecule has 0 fully saturated rings. The molecule has 90 valence electrons. The van der Waals surface area contributed by atoms with Crippen molar-refractivity contribution >= 4 is 16.2 Å². The van der Waals surface area contributed by atoms with Gasteiger partial charge in [0.25, 0.3) is 10.2 Å². The number of hydrogen-bond donors (Lipinski definition) is 3. The summed E-state index contributed by atoms with van der Waals surface area (Å²) >= 11 is 0. The van der Waals surface area contributed by atoms with Crippen molar-refractivity contribution in [2.75, 3.05) is 6.54 Å². The summed E-state index contributed by atoms with van der Waals surface area (Å²) in [7, 11) is -3.70. The molecule has 0 unspecified atom stereocenters. The molecule has 1 atom stereocenters. The summed E-state index contributed by atoms with van der Waals surface area (Å²) in [4.78, 5) is 10.4. The minimum absolute atomic E-state index is 0.305. The van der Waals surface area contributed by atoms with Crippen LogP contribution in [-0.2, 0) is 15.0 Å². The molecule has 0 bridgehead atoms. The van der Waals surface area contributed by atoms with E-state index in [2.05, 4.69) is 4.72 Å². The maximum atomic E-state index is 11.2. The van der Waals surface area contributed by atoms with Crippen LogP contribution in [0.3, 0.4) is 0 Å². The molecule has 0 heterocycles. The van der Waals surface area contributed by atoms with E-state index in [1.165, 1.54) is 6.92 Å². The fourth-order valence-corrected chi connectivity index (χ4v) is 1.84. The van der Waals surface area contributed by atoms with Gasteiger partial charge < -0.3 is 5.11 Å². The van der Waals surface area contributed by atoms with Crippen LogP contribution in [0.15, 0.2) is 0 Å². The van der Waals surface area contributed by atoms with Gasteiger partial charge in [-0.15, -0.1) is 0 Å². The van der Waals surface area contributed by atoms with Gasteiger partial charge in [0.05, 0.1) is 0 Å². The van der Waals surface area contributed by atoms with Gasteiger partial charge in [0, 0.05) is 6.54 Å². The van der Waals surface area contributed by atoms with E-state index in [4.69, 9.17) is 5.11 Å². The van der Waals surface area contributed by atoms with Crippen molar-refractivity contribution in [3.05, 3.63) is 0 Å². The monoisotopic (exact) mass is 238 g/mol. The molecule has 0 saturated heterocycles. The SMILES string of the molecule is CC(C)CCNS(=O)(=O)N[C@@H](C)C(=O)O. The van der Waals surface area contributed by atoms with Crippen LogP contribution in [0, 0.1) is 5.92 Å². The molecule has 15 heavy (non-hydrogen) atoms. The normalized spacial score (nSPS) is 14.1. The van der Waals surface area contributed by atoms with Crippen LogP contribution >= 0.6 is 0 Å². The predicted molar refractivity (Wildman–Crippen MR) is 56.6 cm³/mol. The molecule has 0 aliphatic heterocycles. The zero-order valence-corrected chi connectivity index (χ0v) is 9.97. The van der Waals surface area contributed by atoms with Crippen LogP contribution in [0.4, 0.5) is 0 Å². The lowest BCUT2D eigenvalue weighted by molar-refractivity contribution is -0.138. The lowest BCUT2D eigenvalue weighted by Gasteiger charge is -2.11. The standard InChI is InChI=1S/C8H18N2O4S/c1-6(2)4-5-9-15(13,14)10-7(3)8(11)12/h6-7,9-10H,4-5H2,1-3H3,(H,11,12)/t7-/m0/s1. The van der Waals surface area contributed by atoms with Crippen LogP contribution in [-0.4, -0.2) is 32.1 Å². The third-order valence-corrected chi connectivity index (χ3v) is 2.96. The molecule has 0 spiro atoms. The van der Waals surface area contributed by atoms with Crippen LogP contribution < -0.4 is 9.44 Å². The molecule has 0 aliphatic carbocycles. The van der Waals surface area contributed by atoms with Crippen LogP contribution in [0.2, 0.25) is 0 Å². The highest BCUT2D eigenvalue weighted by Gasteiger charge is 2.18. The quantitative estimate of drug-likeness (QED) is 0.578. The molecule has 0 aromatic heterocycles. The number of aliphatic carboxylic acids is 1. The van der Waals surface area contributed by atoms with Gasteiger partial charge in [0.15, 0.2) is 0 Å². The van der Waals surface area contributed by atoms with E-state index in [0.717, 1.165) is 0 Å². The Hall–Kier alpha value is -0.660. The summed E-state index contributed by atoms with van der Waals surface area (Å²) in [5, 5.41) is 8.50. The van der Waals surface area contributed by atoms with Crippen molar-refractivity contribution in [1.82, 2.24) is 9.44 Å². The first-order valence-corrected chi connectivity index (χ1v) is 6.22. The van der Waals surface area contributed by atoms with Crippen LogP contribution in [0.5, 0.6) is 0 Å². The van der Waals surface area contributed by atoms with Crippen molar-refractivity contribution in [2.45, 2.75) is 33.2 Å². The minimum Gasteiger partial charge on any atom is -0.480 e. The van der Waals surface area contributed by atoms with Gasteiger partial charge in [-0.05, 0) is 19.3 Å². The Balaban J connectivity index is 4.03. The number of rotatable bonds is 7. The van der Waals surface area contributed by atoms with E-state index in [1.54, 1.807) is 0 Å². The predicted octanol–water partition coefficient (Wildman–Crippen LogP) is -0.0704. The molecule has 6 nitrogen and oxygen atoms in total. The summed E-state index contributed by atoms with van der Waals surface area (Å²) in [6.07, 6.45) is 0.711. The van der Waals surface area contributed by atoms with Gasteiger partial charge in [-0.3, -0.25) is 4.79 Å². The molecule has 0 aromatic rings. The zero-order chi connectivity index (χ0) is 12.1. The highest BCUT2D eigenvalue weighted by atomic mass is 32.2. The van der Waals surface area contributed by atoms with Crippen LogP contribution in [0.1, 0.15) is 27.2 Å². The van der Waals surface area contributed by atoms with Crippen molar-refractivity contribution in [3.63, 3.8) is 0 Å². The van der Waals surface area contributed by atoms with E-state index in [-0.39, 0.29) is 0 Å². The fourth-order valence-electron chi connectivity index (χ4n) is 0.807. The van der Waals surface area contributed by atoms with Gasteiger partial charge in [-0.1, -0.05) is 13.8 Å². The number of carboxylic acids is 1. The second kappa shape index (κ2) is 6.04. The molecule has 0 rings (SSSR count).